The van der Waals surface area contributed by atoms with Crippen molar-refractivity contribution in [1.82, 2.24) is 9.80 Å². The van der Waals surface area contributed by atoms with E-state index in [9.17, 15) is 9.59 Å². The molecule has 5 nitrogen and oxygen atoms in total. The zero-order valence-corrected chi connectivity index (χ0v) is 13.1. The number of esters is 1. The zero-order chi connectivity index (χ0) is 15.2. The second-order valence-electron chi connectivity index (χ2n) is 5.84. The standard InChI is InChI=1S/C16H26N2O3/c1-3-21-16(20)13-8-10-18(11-9-13)12-15(19)17(2)14-6-4-5-7-14/h6,13H,3-5,7-12H2,1-2H3. The number of nitrogens with zero attached hydrogens (tertiary/aromatic N) is 2. The number of amides is 1. The van der Waals surface area contributed by atoms with E-state index in [1.807, 2.05) is 14.0 Å². The molecule has 1 heterocycles. The Bertz CT molecular complexity index is 412. The number of piperidine rings is 1. The van der Waals surface area contributed by atoms with E-state index in [1.54, 1.807) is 4.90 Å². The van der Waals surface area contributed by atoms with Crippen molar-refractivity contribution in [1.29, 1.82) is 0 Å². The van der Waals surface area contributed by atoms with Crippen LogP contribution in [0.4, 0.5) is 0 Å². The Labute approximate surface area is 126 Å². The maximum Gasteiger partial charge on any atom is 0.309 e. The molecule has 2 rings (SSSR count). The van der Waals surface area contributed by atoms with Gasteiger partial charge in [0.25, 0.3) is 0 Å². The summed E-state index contributed by atoms with van der Waals surface area (Å²) in [5.41, 5.74) is 1.15. The predicted molar refractivity (Wildman–Crippen MR) is 80.5 cm³/mol. The molecule has 0 saturated carbocycles. The average molecular weight is 294 g/mol. The summed E-state index contributed by atoms with van der Waals surface area (Å²) in [6, 6.07) is 0. The van der Waals surface area contributed by atoms with Crippen molar-refractivity contribution in [3.63, 3.8) is 0 Å². The Hall–Kier alpha value is -1.36. The van der Waals surface area contributed by atoms with Crippen LogP contribution in [-0.2, 0) is 14.3 Å². The molecule has 118 valence electrons. The SMILES string of the molecule is CCOC(=O)C1CCN(CC(=O)N(C)C2=CCCC2)CC1. The van der Waals surface area contributed by atoms with Crippen LogP contribution in [-0.4, -0.2) is 55.0 Å². The number of ether oxygens (including phenoxy) is 1. The van der Waals surface area contributed by atoms with Gasteiger partial charge in [-0.15, -0.1) is 0 Å². The molecule has 0 N–H and O–H groups in total. The third-order valence-electron chi connectivity index (χ3n) is 4.39. The van der Waals surface area contributed by atoms with E-state index in [0.717, 1.165) is 50.9 Å². The first-order valence-corrected chi connectivity index (χ1v) is 7.96. The molecular formula is C16H26N2O3. The highest BCUT2D eigenvalue weighted by Gasteiger charge is 2.27. The summed E-state index contributed by atoms with van der Waals surface area (Å²) in [5.74, 6) is 0.0704. The highest BCUT2D eigenvalue weighted by molar-refractivity contribution is 5.80. The molecule has 0 aromatic rings. The third-order valence-corrected chi connectivity index (χ3v) is 4.39. The van der Waals surface area contributed by atoms with Crippen molar-refractivity contribution in [3.05, 3.63) is 11.8 Å². The summed E-state index contributed by atoms with van der Waals surface area (Å²) in [6.45, 7) is 4.31. The average Bonchev–Trinajstić information content (AvgIpc) is 3.01. The number of likely N-dealkylation sites (tertiary alicyclic amines) is 1. The monoisotopic (exact) mass is 294 g/mol. The van der Waals surface area contributed by atoms with E-state index >= 15 is 0 Å². The van der Waals surface area contributed by atoms with E-state index in [4.69, 9.17) is 4.74 Å². The number of carbonyl (C=O) groups is 2. The van der Waals surface area contributed by atoms with Crippen molar-refractivity contribution in [2.75, 3.05) is 33.3 Å². The molecule has 1 amide bonds. The fourth-order valence-corrected chi connectivity index (χ4v) is 3.00. The van der Waals surface area contributed by atoms with Gasteiger partial charge in [0, 0.05) is 12.7 Å². The van der Waals surface area contributed by atoms with Crippen molar-refractivity contribution < 1.29 is 14.3 Å². The summed E-state index contributed by atoms with van der Waals surface area (Å²) in [6.07, 6.45) is 6.98. The molecule has 0 spiro atoms. The van der Waals surface area contributed by atoms with E-state index in [2.05, 4.69) is 11.0 Å². The molecule has 5 heteroatoms. The maximum absolute atomic E-state index is 12.3. The molecule has 0 bridgehead atoms. The van der Waals surface area contributed by atoms with Gasteiger partial charge in [-0.05, 0) is 52.1 Å². The van der Waals surface area contributed by atoms with Crippen molar-refractivity contribution >= 4 is 11.9 Å². The molecule has 2 aliphatic rings. The molecule has 0 atom stereocenters. The van der Waals surface area contributed by atoms with Crippen LogP contribution in [0.25, 0.3) is 0 Å². The fraction of sp³-hybridized carbons (Fsp3) is 0.750. The predicted octanol–water partition coefficient (Wildman–Crippen LogP) is 1.79. The third kappa shape index (κ3) is 4.30. The van der Waals surface area contributed by atoms with Gasteiger partial charge >= 0.3 is 5.97 Å². The lowest BCUT2D eigenvalue weighted by molar-refractivity contribution is -0.149. The lowest BCUT2D eigenvalue weighted by atomic mass is 9.97. The van der Waals surface area contributed by atoms with Crippen LogP contribution in [0.3, 0.4) is 0 Å². The molecular weight excluding hydrogens is 268 g/mol. The minimum atomic E-state index is -0.0864. The molecule has 1 saturated heterocycles. The summed E-state index contributed by atoms with van der Waals surface area (Å²) >= 11 is 0. The number of rotatable bonds is 5. The first-order chi connectivity index (χ1) is 10.1. The van der Waals surface area contributed by atoms with Crippen molar-refractivity contribution in [2.45, 2.75) is 39.0 Å². The summed E-state index contributed by atoms with van der Waals surface area (Å²) in [7, 11) is 1.87. The second-order valence-corrected chi connectivity index (χ2v) is 5.84. The van der Waals surface area contributed by atoms with Gasteiger partial charge in [0.15, 0.2) is 0 Å². The highest BCUT2D eigenvalue weighted by Crippen LogP contribution is 2.22. The van der Waals surface area contributed by atoms with Crippen molar-refractivity contribution in [3.8, 4) is 0 Å². The number of likely N-dealkylation sites (N-methyl/N-ethyl adjacent to an activating group) is 1. The van der Waals surface area contributed by atoms with Crippen LogP contribution in [0.5, 0.6) is 0 Å². The summed E-state index contributed by atoms with van der Waals surface area (Å²) in [5, 5.41) is 0. The van der Waals surface area contributed by atoms with Crippen LogP contribution in [0.1, 0.15) is 39.0 Å². The second kappa shape index (κ2) is 7.59. The van der Waals surface area contributed by atoms with Crippen molar-refractivity contribution in [2.24, 2.45) is 5.92 Å². The molecule has 1 aliphatic carbocycles. The molecule has 1 aliphatic heterocycles. The minimum Gasteiger partial charge on any atom is -0.466 e. The highest BCUT2D eigenvalue weighted by atomic mass is 16.5. The van der Waals surface area contributed by atoms with Crippen LogP contribution in [0.2, 0.25) is 0 Å². The molecule has 0 unspecified atom stereocenters. The van der Waals surface area contributed by atoms with E-state index < -0.39 is 0 Å². The molecule has 0 aromatic carbocycles. The van der Waals surface area contributed by atoms with Crippen LogP contribution in [0.15, 0.2) is 11.8 Å². The van der Waals surface area contributed by atoms with Crippen LogP contribution < -0.4 is 0 Å². The summed E-state index contributed by atoms with van der Waals surface area (Å²) < 4.78 is 5.06. The zero-order valence-electron chi connectivity index (χ0n) is 13.1. The Morgan fingerprint density at radius 2 is 2.10 bits per heavy atom. The van der Waals surface area contributed by atoms with E-state index in [-0.39, 0.29) is 17.8 Å². The minimum absolute atomic E-state index is 0.00609. The largest absolute Gasteiger partial charge is 0.466 e. The van der Waals surface area contributed by atoms with Gasteiger partial charge in [0.2, 0.25) is 5.91 Å². The first-order valence-electron chi connectivity index (χ1n) is 7.96. The number of allylic oxidation sites excluding steroid dienone is 2. The number of carbonyl (C=O) groups excluding carboxylic acids is 2. The van der Waals surface area contributed by atoms with Gasteiger partial charge < -0.3 is 9.64 Å². The lowest BCUT2D eigenvalue weighted by Crippen LogP contribution is -2.43. The van der Waals surface area contributed by atoms with Gasteiger partial charge in [-0.2, -0.15) is 0 Å². The smallest absolute Gasteiger partial charge is 0.309 e. The maximum atomic E-state index is 12.3. The first kappa shape index (κ1) is 16.0. The van der Waals surface area contributed by atoms with E-state index in [0.29, 0.717) is 13.2 Å². The Kier molecular flexibility index (Phi) is 5.79. The Morgan fingerprint density at radius 1 is 1.38 bits per heavy atom. The van der Waals surface area contributed by atoms with Gasteiger partial charge in [-0.3, -0.25) is 14.5 Å². The molecule has 0 radical (unpaired) electrons. The van der Waals surface area contributed by atoms with Gasteiger partial charge in [0.05, 0.1) is 19.1 Å². The Morgan fingerprint density at radius 3 is 2.67 bits per heavy atom. The topological polar surface area (TPSA) is 49.9 Å². The van der Waals surface area contributed by atoms with Crippen LogP contribution in [0, 0.1) is 5.92 Å². The van der Waals surface area contributed by atoms with Gasteiger partial charge in [-0.25, -0.2) is 0 Å². The fourth-order valence-electron chi connectivity index (χ4n) is 3.00. The van der Waals surface area contributed by atoms with Crippen LogP contribution >= 0.6 is 0 Å². The Balaban J connectivity index is 1.75. The molecule has 21 heavy (non-hydrogen) atoms. The van der Waals surface area contributed by atoms with Gasteiger partial charge in [-0.1, -0.05) is 6.08 Å². The lowest BCUT2D eigenvalue weighted by Gasteiger charge is -2.31. The number of hydrogen-bond acceptors (Lipinski definition) is 4. The molecule has 1 fully saturated rings. The summed E-state index contributed by atoms with van der Waals surface area (Å²) in [4.78, 5) is 27.9. The van der Waals surface area contributed by atoms with E-state index in [1.165, 1.54) is 0 Å². The quantitative estimate of drug-likeness (QED) is 0.725. The normalized spacial score (nSPS) is 20.2. The van der Waals surface area contributed by atoms with Gasteiger partial charge in [0.1, 0.15) is 0 Å². The number of hydrogen-bond donors (Lipinski definition) is 0. The molecule has 0 aromatic heterocycles.